The Kier molecular flexibility index (Phi) is 3.24. The van der Waals surface area contributed by atoms with Crippen LogP contribution < -0.4 is 4.74 Å². The molecule has 0 spiro atoms. The number of rotatable bonds is 4. The average molecular weight is 249 g/mol. The lowest BCUT2D eigenvalue weighted by Crippen LogP contribution is -2.65. The van der Waals surface area contributed by atoms with Crippen LogP contribution in [-0.4, -0.2) is 31.4 Å². The van der Waals surface area contributed by atoms with Crippen LogP contribution in [0.3, 0.4) is 0 Å². The van der Waals surface area contributed by atoms with Crippen molar-refractivity contribution < 1.29 is 9.53 Å². The second-order valence-corrected chi connectivity index (χ2v) is 10.2. The van der Waals surface area contributed by atoms with Crippen LogP contribution in [0.5, 0.6) is 5.75 Å². The van der Waals surface area contributed by atoms with E-state index in [0.717, 1.165) is 5.75 Å². The van der Waals surface area contributed by atoms with Gasteiger partial charge >= 0.3 is 0 Å². The highest BCUT2D eigenvalue weighted by atomic mass is 28.3. The number of β-lactam (4-membered cyclic amide) rings is 1. The number of carbonyl (C=O) groups is 1. The maximum Gasteiger partial charge on any atom is 0.217 e. The van der Waals surface area contributed by atoms with Crippen molar-refractivity contribution in [1.82, 2.24) is 4.57 Å². The van der Waals surface area contributed by atoms with E-state index in [2.05, 4.69) is 24.2 Å². The van der Waals surface area contributed by atoms with Gasteiger partial charge in [0.25, 0.3) is 0 Å². The van der Waals surface area contributed by atoms with Crippen LogP contribution >= 0.6 is 0 Å². The van der Waals surface area contributed by atoms with Crippen molar-refractivity contribution in [3.63, 3.8) is 0 Å². The van der Waals surface area contributed by atoms with Crippen molar-refractivity contribution in [2.75, 3.05) is 6.61 Å². The summed E-state index contributed by atoms with van der Waals surface area (Å²) in [7, 11) is -1.53. The smallest absolute Gasteiger partial charge is 0.217 e. The molecular formula is C13H19NO2Si. The molecule has 1 saturated heterocycles. The summed E-state index contributed by atoms with van der Waals surface area (Å²) in [5, 5.41) is 0. The molecule has 1 aliphatic rings. The molecule has 2 rings (SSSR count). The molecule has 0 aliphatic carbocycles. The third kappa shape index (κ3) is 2.69. The summed E-state index contributed by atoms with van der Waals surface area (Å²) < 4.78 is 7.76. The van der Waals surface area contributed by atoms with Crippen molar-refractivity contribution >= 4 is 14.1 Å². The van der Waals surface area contributed by atoms with E-state index in [4.69, 9.17) is 4.74 Å². The maximum absolute atomic E-state index is 11.6. The standard InChI is InChI=1S/C13H19NO2Si/c1-17(2,3)14-11(9-13(14)15)10-16-12-7-5-4-6-8-12/h4-8,11H,9-10H2,1-3H3. The summed E-state index contributed by atoms with van der Waals surface area (Å²) in [6, 6.07) is 10.0. The zero-order valence-corrected chi connectivity index (χ0v) is 11.6. The first-order chi connectivity index (χ1) is 7.98. The molecule has 1 aromatic rings. The van der Waals surface area contributed by atoms with Gasteiger partial charge in [0, 0.05) is 6.42 Å². The van der Waals surface area contributed by atoms with Gasteiger partial charge in [-0.3, -0.25) is 4.79 Å². The number of amides is 1. The van der Waals surface area contributed by atoms with E-state index in [-0.39, 0.29) is 11.9 Å². The Labute approximate surface area is 103 Å². The monoisotopic (exact) mass is 249 g/mol. The van der Waals surface area contributed by atoms with Crippen LogP contribution in [-0.2, 0) is 4.79 Å². The molecular weight excluding hydrogens is 230 g/mol. The molecule has 17 heavy (non-hydrogen) atoms. The minimum absolute atomic E-state index is 0.273. The van der Waals surface area contributed by atoms with E-state index in [1.54, 1.807) is 0 Å². The second-order valence-electron chi connectivity index (χ2n) is 5.42. The fourth-order valence-corrected chi connectivity index (χ4v) is 4.35. The molecule has 4 heteroatoms. The van der Waals surface area contributed by atoms with Crippen molar-refractivity contribution in [3.8, 4) is 5.75 Å². The molecule has 3 nitrogen and oxygen atoms in total. The van der Waals surface area contributed by atoms with Gasteiger partial charge in [-0.1, -0.05) is 37.8 Å². The Morgan fingerprint density at radius 1 is 1.29 bits per heavy atom. The molecule has 1 unspecified atom stereocenters. The molecule has 1 amide bonds. The van der Waals surface area contributed by atoms with E-state index >= 15 is 0 Å². The van der Waals surface area contributed by atoms with Gasteiger partial charge in [0.1, 0.15) is 12.4 Å². The predicted octanol–water partition coefficient (Wildman–Crippen LogP) is 2.50. The molecule has 0 aromatic heterocycles. The molecule has 1 heterocycles. The molecule has 0 saturated carbocycles. The van der Waals surface area contributed by atoms with E-state index < -0.39 is 8.24 Å². The van der Waals surface area contributed by atoms with Gasteiger partial charge in [-0.25, -0.2) is 0 Å². The van der Waals surface area contributed by atoms with Crippen molar-refractivity contribution in [3.05, 3.63) is 30.3 Å². The number of ether oxygens (including phenoxy) is 1. The van der Waals surface area contributed by atoms with Gasteiger partial charge in [0.05, 0.1) is 6.04 Å². The van der Waals surface area contributed by atoms with Gasteiger partial charge in [-0.05, 0) is 12.1 Å². The van der Waals surface area contributed by atoms with Crippen molar-refractivity contribution in [1.29, 1.82) is 0 Å². The van der Waals surface area contributed by atoms with Crippen molar-refractivity contribution in [2.24, 2.45) is 0 Å². The van der Waals surface area contributed by atoms with E-state index in [1.165, 1.54) is 0 Å². The van der Waals surface area contributed by atoms with Gasteiger partial charge < -0.3 is 9.30 Å². The Morgan fingerprint density at radius 2 is 1.94 bits per heavy atom. The fraction of sp³-hybridized carbons (Fsp3) is 0.462. The lowest BCUT2D eigenvalue weighted by atomic mass is 10.1. The first kappa shape index (κ1) is 12.2. The van der Waals surface area contributed by atoms with Gasteiger partial charge in [0.2, 0.25) is 5.91 Å². The topological polar surface area (TPSA) is 29.5 Å². The summed E-state index contributed by atoms with van der Waals surface area (Å²) in [4.78, 5) is 11.6. The average Bonchev–Trinajstić information content (AvgIpc) is 2.22. The van der Waals surface area contributed by atoms with Crippen LogP contribution in [0.15, 0.2) is 30.3 Å². The molecule has 1 aliphatic heterocycles. The summed E-state index contributed by atoms with van der Waals surface area (Å²) >= 11 is 0. The molecule has 0 bridgehead atoms. The quantitative estimate of drug-likeness (QED) is 0.606. The molecule has 1 aromatic carbocycles. The third-order valence-electron chi connectivity index (χ3n) is 2.95. The van der Waals surface area contributed by atoms with E-state index in [1.807, 2.05) is 30.3 Å². The maximum atomic E-state index is 11.6. The summed E-state index contributed by atoms with van der Waals surface area (Å²) in [6.07, 6.45) is 0.636. The fourth-order valence-electron chi connectivity index (χ4n) is 2.25. The zero-order valence-electron chi connectivity index (χ0n) is 10.6. The van der Waals surface area contributed by atoms with Crippen LogP contribution in [0.25, 0.3) is 0 Å². The number of hydrogen-bond acceptors (Lipinski definition) is 2. The van der Waals surface area contributed by atoms with Gasteiger partial charge in [-0.15, -0.1) is 0 Å². The summed E-state index contributed by atoms with van der Waals surface area (Å²) in [5.74, 6) is 1.16. The van der Waals surface area contributed by atoms with E-state index in [9.17, 15) is 4.79 Å². The summed E-state index contributed by atoms with van der Waals surface area (Å²) in [6.45, 7) is 7.19. The Bertz CT molecular complexity index is 400. The summed E-state index contributed by atoms with van der Waals surface area (Å²) in [5.41, 5.74) is 0. The van der Waals surface area contributed by atoms with E-state index in [0.29, 0.717) is 13.0 Å². The van der Waals surface area contributed by atoms with Gasteiger partial charge in [-0.2, -0.15) is 0 Å². The Morgan fingerprint density at radius 3 is 2.47 bits per heavy atom. The largest absolute Gasteiger partial charge is 0.491 e. The van der Waals surface area contributed by atoms with Crippen LogP contribution in [0, 0.1) is 0 Å². The molecule has 0 N–H and O–H groups in total. The number of benzene rings is 1. The normalized spacial score (nSPS) is 20.1. The highest BCUT2D eigenvalue weighted by molar-refractivity contribution is 6.76. The SMILES string of the molecule is C[Si](C)(C)N1C(=O)CC1COc1ccccc1. The van der Waals surface area contributed by atoms with Crippen LogP contribution in [0.2, 0.25) is 19.6 Å². The first-order valence-electron chi connectivity index (χ1n) is 5.98. The zero-order chi connectivity index (χ0) is 12.5. The Balaban J connectivity index is 1.91. The number of hydrogen-bond donors (Lipinski definition) is 0. The molecule has 0 radical (unpaired) electrons. The molecule has 1 fully saturated rings. The number of para-hydroxylation sites is 1. The first-order valence-corrected chi connectivity index (χ1v) is 9.43. The third-order valence-corrected chi connectivity index (χ3v) is 5.01. The lowest BCUT2D eigenvalue weighted by molar-refractivity contribution is -0.139. The second kappa shape index (κ2) is 4.53. The van der Waals surface area contributed by atoms with Gasteiger partial charge in [0.15, 0.2) is 8.24 Å². The predicted molar refractivity (Wildman–Crippen MR) is 70.5 cm³/mol. The number of carbonyl (C=O) groups excluding carboxylic acids is 1. The Hall–Kier alpha value is -1.29. The molecule has 1 atom stereocenters. The minimum Gasteiger partial charge on any atom is -0.491 e. The van der Waals surface area contributed by atoms with Crippen molar-refractivity contribution in [2.45, 2.75) is 32.1 Å². The highest BCUT2D eigenvalue weighted by Crippen LogP contribution is 2.27. The molecule has 92 valence electrons. The van der Waals surface area contributed by atoms with Crippen LogP contribution in [0.4, 0.5) is 0 Å². The number of nitrogens with zero attached hydrogens (tertiary/aromatic N) is 1. The highest BCUT2D eigenvalue weighted by Gasteiger charge is 2.43. The minimum atomic E-state index is -1.53. The van der Waals surface area contributed by atoms with Crippen LogP contribution in [0.1, 0.15) is 6.42 Å². The lowest BCUT2D eigenvalue weighted by Gasteiger charge is -2.48.